The van der Waals surface area contributed by atoms with Crippen LogP contribution in [0.3, 0.4) is 0 Å². The molecule has 0 saturated carbocycles. The highest BCUT2D eigenvalue weighted by Gasteiger charge is 2.11. The van der Waals surface area contributed by atoms with E-state index in [4.69, 9.17) is 5.73 Å². The molecule has 0 radical (unpaired) electrons. The normalized spacial score (nSPS) is 10.5. The third kappa shape index (κ3) is 2.58. The lowest BCUT2D eigenvalue weighted by molar-refractivity contribution is 0.102. The molecule has 0 atom stereocenters. The van der Waals surface area contributed by atoms with Gasteiger partial charge in [0.2, 0.25) is 0 Å². The van der Waals surface area contributed by atoms with Gasteiger partial charge in [-0.1, -0.05) is 42.5 Å². The summed E-state index contributed by atoms with van der Waals surface area (Å²) in [5.41, 5.74) is 8.67. The number of rotatable bonds is 2. The molecule has 3 N–H and O–H groups in total. The van der Waals surface area contributed by atoms with Crippen LogP contribution < -0.4 is 11.1 Å². The van der Waals surface area contributed by atoms with Crippen molar-refractivity contribution in [3.63, 3.8) is 0 Å². The molecule has 0 aliphatic heterocycles. The second-order valence-electron chi connectivity index (χ2n) is 5.06. The predicted octanol–water partition coefficient (Wildman–Crippen LogP) is 3.98. The Labute approximate surface area is 123 Å². The first kappa shape index (κ1) is 13.2. The topological polar surface area (TPSA) is 55.1 Å². The van der Waals surface area contributed by atoms with E-state index in [-0.39, 0.29) is 5.91 Å². The zero-order valence-electron chi connectivity index (χ0n) is 11.8. The van der Waals surface area contributed by atoms with E-state index < -0.39 is 0 Å². The molecule has 3 heteroatoms. The molecule has 1 amide bonds. The summed E-state index contributed by atoms with van der Waals surface area (Å²) in [4.78, 5) is 12.5. The number of carbonyl (C=O) groups excluding carboxylic acids is 1. The second kappa shape index (κ2) is 5.29. The summed E-state index contributed by atoms with van der Waals surface area (Å²) in [7, 11) is 0. The van der Waals surface area contributed by atoms with Gasteiger partial charge in [-0.3, -0.25) is 4.79 Å². The standard InChI is InChI=1S/C18H16N2O/c1-12-9-10-14(19)11-16(12)18(21)20-17-8-4-6-13-5-2-3-7-15(13)17/h2-11H,19H2,1H3,(H,20,21). The predicted molar refractivity (Wildman–Crippen MR) is 87.5 cm³/mol. The van der Waals surface area contributed by atoms with E-state index in [0.717, 1.165) is 22.0 Å². The number of fused-ring (bicyclic) bond motifs is 1. The van der Waals surface area contributed by atoms with E-state index >= 15 is 0 Å². The molecule has 0 aliphatic rings. The molecular weight excluding hydrogens is 260 g/mol. The highest BCUT2D eigenvalue weighted by Crippen LogP contribution is 2.24. The van der Waals surface area contributed by atoms with Crippen LogP contribution in [0.25, 0.3) is 10.8 Å². The van der Waals surface area contributed by atoms with Crippen LogP contribution in [-0.4, -0.2) is 5.91 Å². The lowest BCUT2D eigenvalue weighted by atomic mass is 10.1. The summed E-state index contributed by atoms with van der Waals surface area (Å²) in [6.07, 6.45) is 0. The minimum atomic E-state index is -0.142. The minimum absolute atomic E-state index is 0.142. The van der Waals surface area contributed by atoms with Crippen LogP contribution >= 0.6 is 0 Å². The van der Waals surface area contributed by atoms with Gasteiger partial charge in [0, 0.05) is 22.3 Å². The van der Waals surface area contributed by atoms with Crippen molar-refractivity contribution in [3.05, 3.63) is 71.8 Å². The van der Waals surface area contributed by atoms with Gasteiger partial charge in [-0.05, 0) is 36.1 Å². The zero-order chi connectivity index (χ0) is 14.8. The Bertz CT molecular complexity index is 819. The number of nitrogen functional groups attached to an aromatic ring is 1. The largest absolute Gasteiger partial charge is 0.399 e. The molecule has 21 heavy (non-hydrogen) atoms. The lowest BCUT2D eigenvalue weighted by Crippen LogP contribution is -2.14. The van der Waals surface area contributed by atoms with Crippen molar-refractivity contribution in [1.29, 1.82) is 0 Å². The highest BCUT2D eigenvalue weighted by atomic mass is 16.1. The third-order valence-electron chi connectivity index (χ3n) is 3.54. The first-order valence-corrected chi connectivity index (χ1v) is 6.80. The smallest absolute Gasteiger partial charge is 0.256 e. The fraction of sp³-hybridized carbons (Fsp3) is 0.0556. The Balaban J connectivity index is 1.99. The molecule has 3 aromatic carbocycles. The van der Waals surface area contributed by atoms with Crippen LogP contribution in [0.1, 0.15) is 15.9 Å². The number of amides is 1. The van der Waals surface area contributed by atoms with Crippen LogP contribution in [-0.2, 0) is 0 Å². The number of nitrogens with one attached hydrogen (secondary N) is 1. The Morgan fingerprint density at radius 3 is 2.62 bits per heavy atom. The Morgan fingerprint density at radius 2 is 1.76 bits per heavy atom. The first-order valence-electron chi connectivity index (χ1n) is 6.80. The molecule has 0 heterocycles. The van der Waals surface area contributed by atoms with Crippen LogP contribution in [0, 0.1) is 6.92 Å². The minimum Gasteiger partial charge on any atom is -0.399 e. The molecule has 0 saturated heterocycles. The van der Waals surface area contributed by atoms with E-state index in [0.29, 0.717) is 11.3 Å². The van der Waals surface area contributed by atoms with Gasteiger partial charge >= 0.3 is 0 Å². The number of hydrogen-bond donors (Lipinski definition) is 2. The summed E-state index contributed by atoms with van der Waals surface area (Å²) in [6, 6.07) is 19.2. The average Bonchev–Trinajstić information content (AvgIpc) is 2.50. The van der Waals surface area contributed by atoms with Crippen molar-refractivity contribution >= 4 is 28.1 Å². The van der Waals surface area contributed by atoms with E-state index in [9.17, 15) is 4.79 Å². The zero-order valence-corrected chi connectivity index (χ0v) is 11.8. The first-order chi connectivity index (χ1) is 10.1. The van der Waals surface area contributed by atoms with Crippen LogP contribution in [0.2, 0.25) is 0 Å². The fourth-order valence-electron chi connectivity index (χ4n) is 2.41. The Kier molecular flexibility index (Phi) is 3.32. The molecule has 0 bridgehead atoms. The van der Waals surface area contributed by atoms with Gasteiger partial charge in [0.25, 0.3) is 5.91 Å². The maximum atomic E-state index is 12.5. The van der Waals surface area contributed by atoms with Gasteiger partial charge < -0.3 is 11.1 Å². The number of anilines is 2. The summed E-state index contributed by atoms with van der Waals surface area (Å²) in [5.74, 6) is -0.142. The lowest BCUT2D eigenvalue weighted by Gasteiger charge is -2.11. The molecule has 104 valence electrons. The van der Waals surface area contributed by atoms with Gasteiger partial charge in [0.05, 0.1) is 0 Å². The average molecular weight is 276 g/mol. The van der Waals surface area contributed by atoms with Gasteiger partial charge in [0.1, 0.15) is 0 Å². The molecule has 3 rings (SSSR count). The van der Waals surface area contributed by atoms with Gasteiger partial charge in [-0.25, -0.2) is 0 Å². The Morgan fingerprint density at radius 1 is 1.00 bits per heavy atom. The number of carbonyl (C=O) groups is 1. The van der Waals surface area contributed by atoms with E-state index in [2.05, 4.69) is 5.32 Å². The molecule has 0 fully saturated rings. The quantitative estimate of drug-likeness (QED) is 0.695. The number of hydrogen-bond acceptors (Lipinski definition) is 2. The summed E-state index contributed by atoms with van der Waals surface area (Å²) < 4.78 is 0. The molecule has 0 aliphatic carbocycles. The summed E-state index contributed by atoms with van der Waals surface area (Å²) >= 11 is 0. The van der Waals surface area contributed by atoms with Crippen molar-refractivity contribution in [2.45, 2.75) is 6.92 Å². The SMILES string of the molecule is Cc1ccc(N)cc1C(=O)Nc1cccc2ccccc12. The Hall–Kier alpha value is -2.81. The number of aryl methyl sites for hydroxylation is 1. The van der Waals surface area contributed by atoms with Crippen molar-refractivity contribution in [3.8, 4) is 0 Å². The fourth-order valence-corrected chi connectivity index (χ4v) is 2.41. The molecule has 3 nitrogen and oxygen atoms in total. The van der Waals surface area contributed by atoms with E-state index in [1.807, 2.05) is 55.5 Å². The maximum Gasteiger partial charge on any atom is 0.256 e. The maximum absolute atomic E-state index is 12.5. The molecule has 0 unspecified atom stereocenters. The van der Waals surface area contributed by atoms with Crippen LogP contribution in [0.5, 0.6) is 0 Å². The summed E-state index contributed by atoms with van der Waals surface area (Å²) in [6.45, 7) is 1.90. The van der Waals surface area contributed by atoms with Crippen LogP contribution in [0.15, 0.2) is 60.7 Å². The van der Waals surface area contributed by atoms with Crippen molar-refractivity contribution in [2.24, 2.45) is 0 Å². The highest BCUT2D eigenvalue weighted by molar-refractivity contribution is 6.10. The van der Waals surface area contributed by atoms with Crippen molar-refractivity contribution in [1.82, 2.24) is 0 Å². The molecule has 3 aromatic rings. The second-order valence-corrected chi connectivity index (χ2v) is 5.06. The van der Waals surface area contributed by atoms with E-state index in [1.54, 1.807) is 12.1 Å². The van der Waals surface area contributed by atoms with Crippen LogP contribution in [0.4, 0.5) is 11.4 Å². The summed E-state index contributed by atoms with van der Waals surface area (Å²) in [5, 5.41) is 5.09. The molecule has 0 aromatic heterocycles. The van der Waals surface area contributed by atoms with Gasteiger partial charge in [-0.15, -0.1) is 0 Å². The molecule has 0 spiro atoms. The van der Waals surface area contributed by atoms with E-state index in [1.165, 1.54) is 0 Å². The van der Waals surface area contributed by atoms with Gasteiger partial charge in [-0.2, -0.15) is 0 Å². The third-order valence-corrected chi connectivity index (χ3v) is 3.54. The van der Waals surface area contributed by atoms with Crippen molar-refractivity contribution in [2.75, 3.05) is 11.1 Å². The number of benzene rings is 3. The monoisotopic (exact) mass is 276 g/mol. The van der Waals surface area contributed by atoms with Crippen molar-refractivity contribution < 1.29 is 4.79 Å². The van der Waals surface area contributed by atoms with Gasteiger partial charge in [0.15, 0.2) is 0 Å². The molecular formula is C18H16N2O. The number of nitrogens with two attached hydrogens (primary N) is 1.